The van der Waals surface area contributed by atoms with Crippen LogP contribution in [0.3, 0.4) is 0 Å². The lowest BCUT2D eigenvalue weighted by atomic mass is 10.3. The number of rotatable bonds is 2. The SMILES string of the molecule is O=C(C[NH+]1CCNCC1)N1CCOCC1.O=C([O-])C(F)(F)F. The minimum atomic E-state index is -5.19. The summed E-state index contributed by atoms with van der Waals surface area (Å²) in [6, 6.07) is 0. The molecule has 0 aromatic rings. The smallest absolute Gasteiger partial charge is 0.430 e. The number of carboxylic acids is 1. The van der Waals surface area contributed by atoms with Crippen LogP contribution in [0.4, 0.5) is 13.2 Å². The molecule has 0 aromatic heterocycles. The van der Waals surface area contributed by atoms with E-state index >= 15 is 0 Å². The molecule has 2 aliphatic rings. The van der Waals surface area contributed by atoms with Gasteiger partial charge >= 0.3 is 6.18 Å². The highest BCUT2D eigenvalue weighted by molar-refractivity contribution is 5.77. The normalized spacial score (nSPS) is 20.0. The molecule has 0 radical (unpaired) electrons. The van der Waals surface area contributed by atoms with Gasteiger partial charge in [0.2, 0.25) is 0 Å². The molecule has 2 saturated heterocycles. The molecule has 2 rings (SSSR count). The van der Waals surface area contributed by atoms with Crippen molar-refractivity contribution in [1.29, 1.82) is 0 Å². The maximum absolute atomic E-state index is 11.9. The molecule has 0 atom stereocenters. The lowest BCUT2D eigenvalue weighted by Crippen LogP contribution is -3.15. The fraction of sp³-hybridized carbons (Fsp3) is 0.833. The number of piperazine rings is 1. The second kappa shape index (κ2) is 8.91. The molecule has 128 valence electrons. The largest absolute Gasteiger partial charge is 0.542 e. The van der Waals surface area contributed by atoms with E-state index in [0.29, 0.717) is 19.8 Å². The van der Waals surface area contributed by atoms with E-state index in [1.54, 1.807) is 0 Å². The van der Waals surface area contributed by atoms with E-state index < -0.39 is 12.1 Å². The fourth-order valence-electron chi connectivity index (χ4n) is 2.10. The van der Waals surface area contributed by atoms with Gasteiger partial charge in [0.1, 0.15) is 5.97 Å². The Bertz CT molecular complexity index is 367. The van der Waals surface area contributed by atoms with Gasteiger partial charge in [-0.15, -0.1) is 0 Å². The summed E-state index contributed by atoms with van der Waals surface area (Å²) in [7, 11) is 0. The minimum Gasteiger partial charge on any atom is -0.542 e. The zero-order valence-corrected chi connectivity index (χ0v) is 12.1. The molecule has 2 aliphatic heterocycles. The molecule has 2 heterocycles. The second-order valence-corrected chi connectivity index (χ2v) is 4.96. The number of ether oxygens (including phenoxy) is 1. The van der Waals surface area contributed by atoms with Crippen molar-refractivity contribution in [1.82, 2.24) is 10.2 Å². The number of carboxylic acid groups (broad SMARTS) is 1. The van der Waals surface area contributed by atoms with E-state index in [2.05, 4.69) is 5.32 Å². The molecule has 10 heteroatoms. The van der Waals surface area contributed by atoms with Crippen molar-refractivity contribution in [3.63, 3.8) is 0 Å². The number of amides is 1. The minimum absolute atomic E-state index is 0.287. The Labute approximate surface area is 126 Å². The Morgan fingerprint density at radius 1 is 1.18 bits per heavy atom. The van der Waals surface area contributed by atoms with Crippen molar-refractivity contribution < 1.29 is 37.5 Å². The third-order valence-corrected chi connectivity index (χ3v) is 3.31. The summed E-state index contributed by atoms with van der Waals surface area (Å²) in [5.74, 6) is -2.72. The van der Waals surface area contributed by atoms with Crippen LogP contribution < -0.4 is 15.3 Å². The molecule has 0 spiro atoms. The van der Waals surface area contributed by atoms with Gasteiger partial charge in [-0.05, 0) is 0 Å². The van der Waals surface area contributed by atoms with Crippen LogP contribution >= 0.6 is 0 Å². The first-order valence-corrected chi connectivity index (χ1v) is 6.98. The van der Waals surface area contributed by atoms with Crippen LogP contribution in [-0.2, 0) is 14.3 Å². The van der Waals surface area contributed by atoms with Crippen molar-refractivity contribution in [2.45, 2.75) is 6.18 Å². The van der Waals surface area contributed by atoms with Crippen LogP contribution in [-0.4, -0.2) is 82.0 Å². The Kier molecular flexibility index (Phi) is 7.56. The summed E-state index contributed by atoms with van der Waals surface area (Å²) < 4.78 is 36.8. The summed E-state index contributed by atoms with van der Waals surface area (Å²) >= 11 is 0. The molecule has 0 aliphatic carbocycles. The molecule has 0 bridgehead atoms. The molecule has 22 heavy (non-hydrogen) atoms. The molecule has 1 amide bonds. The van der Waals surface area contributed by atoms with Crippen LogP contribution in [0.2, 0.25) is 0 Å². The van der Waals surface area contributed by atoms with Gasteiger partial charge in [0.05, 0.1) is 26.3 Å². The Balaban J connectivity index is 0.000000295. The zero-order valence-electron chi connectivity index (χ0n) is 12.1. The molecular weight excluding hydrogens is 307 g/mol. The van der Waals surface area contributed by atoms with Crippen molar-refractivity contribution in [3.8, 4) is 0 Å². The van der Waals surface area contributed by atoms with Crippen LogP contribution in [0.25, 0.3) is 0 Å². The first-order valence-electron chi connectivity index (χ1n) is 6.98. The number of carbonyl (C=O) groups excluding carboxylic acids is 2. The van der Waals surface area contributed by atoms with Crippen molar-refractivity contribution in [2.24, 2.45) is 0 Å². The predicted octanol–water partition coefficient (Wildman–Crippen LogP) is -3.37. The van der Waals surface area contributed by atoms with Crippen molar-refractivity contribution in [3.05, 3.63) is 0 Å². The first kappa shape index (κ1) is 18.7. The average Bonchev–Trinajstić information content (AvgIpc) is 2.49. The van der Waals surface area contributed by atoms with Gasteiger partial charge in [0, 0.05) is 26.2 Å². The molecule has 0 unspecified atom stereocenters. The Hall–Kier alpha value is -1.39. The predicted molar refractivity (Wildman–Crippen MR) is 66.9 cm³/mol. The second-order valence-electron chi connectivity index (χ2n) is 4.96. The number of nitrogens with one attached hydrogen (secondary N) is 2. The van der Waals surface area contributed by atoms with Gasteiger partial charge in [-0.3, -0.25) is 4.79 Å². The summed E-state index contributed by atoms with van der Waals surface area (Å²) in [6.07, 6.45) is -5.19. The third-order valence-electron chi connectivity index (χ3n) is 3.31. The average molecular weight is 327 g/mol. The molecule has 0 aromatic carbocycles. The van der Waals surface area contributed by atoms with Crippen molar-refractivity contribution >= 4 is 11.9 Å². The van der Waals surface area contributed by atoms with Crippen molar-refractivity contribution in [2.75, 3.05) is 59.0 Å². The van der Waals surface area contributed by atoms with E-state index in [9.17, 15) is 18.0 Å². The standard InChI is InChI=1S/C10H19N3O2.C2HF3O2/c14-10(13-5-7-15-8-6-13)9-12-3-1-11-2-4-12;3-2(4,5)1(6)7/h11H,1-9H2;(H,6,7). The number of morpholine rings is 1. The summed E-state index contributed by atoms with van der Waals surface area (Å²) in [6.45, 7) is 7.78. The molecule has 2 fully saturated rings. The Morgan fingerprint density at radius 3 is 2.14 bits per heavy atom. The van der Waals surface area contributed by atoms with Gasteiger partial charge < -0.3 is 29.8 Å². The van der Waals surface area contributed by atoms with E-state index in [4.69, 9.17) is 14.6 Å². The quantitative estimate of drug-likeness (QED) is 0.553. The van der Waals surface area contributed by atoms with Crippen LogP contribution in [0.5, 0.6) is 0 Å². The number of halogens is 3. The first-order chi connectivity index (χ1) is 10.3. The molecule has 2 N–H and O–H groups in total. The van der Waals surface area contributed by atoms with Gasteiger partial charge in [-0.1, -0.05) is 0 Å². The number of nitrogens with zero attached hydrogens (tertiary/aromatic N) is 1. The zero-order chi connectivity index (χ0) is 16.6. The van der Waals surface area contributed by atoms with E-state index in [1.807, 2.05) is 4.90 Å². The fourth-order valence-corrected chi connectivity index (χ4v) is 2.10. The topological polar surface area (TPSA) is 86.1 Å². The highest BCUT2D eigenvalue weighted by Crippen LogP contribution is 2.11. The summed E-state index contributed by atoms with van der Waals surface area (Å²) in [5.41, 5.74) is 0. The summed E-state index contributed by atoms with van der Waals surface area (Å²) in [5, 5.41) is 12.1. The maximum atomic E-state index is 11.9. The van der Waals surface area contributed by atoms with Crippen LogP contribution in [0, 0.1) is 0 Å². The van der Waals surface area contributed by atoms with Gasteiger partial charge in [-0.2, -0.15) is 13.2 Å². The summed E-state index contributed by atoms with van der Waals surface area (Å²) in [4.78, 5) is 24.0. The third kappa shape index (κ3) is 7.05. The number of alkyl halides is 3. The number of carbonyl (C=O) groups is 2. The number of hydrogen-bond acceptors (Lipinski definition) is 5. The van der Waals surface area contributed by atoms with Gasteiger partial charge in [0.15, 0.2) is 6.54 Å². The highest BCUT2D eigenvalue weighted by Gasteiger charge is 2.28. The van der Waals surface area contributed by atoms with E-state index in [1.165, 1.54) is 4.90 Å². The lowest BCUT2D eigenvalue weighted by molar-refractivity contribution is -0.894. The molecule has 0 saturated carbocycles. The van der Waals surface area contributed by atoms with E-state index in [-0.39, 0.29) is 5.91 Å². The maximum Gasteiger partial charge on any atom is 0.430 e. The number of quaternary nitrogens is 1. The monoisotopic (exact) mass is 327 g/mol. The van der Waals surface area contributed by atoms with Gasteiger partial charge in [-0.25, -0.2) is 0 Å². The Morgan fingerprint density at radius 2 is 1.68 bits per heavy atom. The molecule has 7 nitrogen and oxygen atoms in total. The number of hydrogen-bond donors (Lipinski definition) is 2. The van der Waals surface area contributed by atoms with Crippen LogP contribution in [0.15, 0.2) is 0 Å². The highest BCUT2D eigenvalue weighted by atomic mass is 19.4. The molecular formula is C12H20F3N3O4. The lowest BCUT2D eigenvalue weighted by Gasteiger charge is -2.29. The van der Waals surface area contributed by atoms with E-state index in [0.717, 1.165) is 39.3 Å². The van der Waals surface area contributed by atoms with Crippen LogP contribution in [0.1, 0.15) is 0 Å². The number of aliphatic carboxylic acids is 1. The van der Waals surface area contributed by atoms with Gasteiger partial charge in [0.25, 0.3) is 5.91 Å².